The van der Waals surface area contributed by atoms with Gasteiger partial charge in [0.15, 0.2) is 9.84 Å². The predicted octanol–water partition coefficient (Wildman–Crippen LogP) is 1.80. The monoisotopic (exact) mass is 346 g/mol. The van der Waals surface area contributed by atoms with Crippen LogP contribution < -0.4 is 5.73 Å². The lowest BCUT2D eigenvalue weighted by Crippen LogP contribution is -2.20. The van der Waals surface area contributed by atoms with Crippen LogP contribution in [0, 0.1) is 5.92 Å². The van der Waals surface area contributed by atoms with Crippen molar-refractivity contribution in [3.05, 3.63) is 28.2 Å². The standard InChI is InChI=1S/C13H19BrN2O2S/c1-16-8-9(7-15)3-13(16)10-4-11(14)6-12(5-10)19(2,17)18/h4-6,9,13H,3,7-8,15H2,1-2H3. The highest BCUT2D eigenvalue weighted by atomic mass is 79.9. The van der Waals surface area contributed by atoms with Gasteiger partial charge in [-0.2, -0.15) is 0 Å². The summed E-state index contributed by atoms with van der Waals surface area (Å²) in [6.07, 6.45) is 2.21. The number of nitrogens with zero attached hydrogens (tertiary/aromatic N) is 1. The first kappa shape index (κ1) is 15.0. The molecule has 2 unspecified atom stereocenters. The Hall–Kier alpha value is -0.430. The minimum Gasteiger partial charge on any atom is -0.330 e. The van der Waals surface area contributed by atoms with Gasteiger partial charge in [-0.05, 0) is 49.7 Å². The molecule has 0 radical (unpaired) electrons. The van der Waals surface area contributed by atoms with E-state index in [0.717, 1.165) is 23.0 Å². The molecule has 6 heteroatoms. The third-order valence-corrected chi connectivity index (χ3v) is 5.22. The minimum atomic E-state index is -3.19. The minimum absolute atomic E-state index is 0.242. The van der Waals surface area contributed by atoms with Crippen molar-refractivity contribution in [3.63, 3.8) is 0 Å². The molecule has 1 saturated heterocycles. The average Bonchev–Trinajstić information content (AvgIpc) is 2.68. The summed E-state index contributed by atoms with van der Waals surface area (Å²) in [5.74, 6) is 0.482. The molecule has 0 spiro atoms. The normalized spacial score (nSPS) is 24.8. The van der Waals surface area contributed by atoms with Gasteiger partial charge in [0.25, 0.3) is 0 Å². The van der Waals surface area contributed by atoms with Gasteiger partial charge in [-0.15, -0.1) is 0 Å². The summed E-state index contributed by atoms with van der Waals surface area (Å²) >= 11 is 3.40. The zero-order chi connectivity index (χ0) is 14.2. The van der Waals surface area contributed by atoms with Crippen molar-refractivity contribution in [1.82, 2.24) is 4.90 Å². The van der Waals surface area contributed by atoms with Gasteiger partial charge in [0.05, 0.1) is 4.90 Å². The van der Waals surface area contributed by atoms with E-state index < -0.39 is 9.84 Å². The molecule has 1 fully saturated rings. The van der Waals surface area contributed by atoms with E-state index >= 15 is 0 Å². The highest BCUT2D eigenvalue weighted by Crippen LogP contribution is 2.35. The van der Waals surface area contributed by atoms with E-state index in [1.165, 1.54) is 6.26 Å². The van der Waals surface area contributed by atoms with E-state index in [4.69, 9.17) is 5.73 Å². The van der Waals surface area contributed by atoms with Crippen LogP contribution >= 0.6 is 15.9 Å². The van der Waals surface area contributed by atoms with Crippen LogP contribution in [0.5, 0.6) is 0 Å². The Bertz CT molecular complexity index is 574. The molecular formula is C13H19BrN2O2S. The van der Waals surface area contributed by atoms with Crippen molar-refractivity contribution in [1.29, 1.82) is 0 Å². The molecule has 1 aromatic rings. The van der Waals surface area contributed by atoms with Gasteiger partial charge >= 0.3 is 0 Å². The molecule has 0 bridgehead atoms. The summed E-state index contributed by atoms with van der Waals surface area (Å²) in [4.78, 5) is 2.60. The molecule has 0 aromatic heterocycles. The lowest BCUT2D eigenvalue weighted by molar-refractivity contribution is 0.313. The first-order valence-electron chi connectivity index (χ1n) is 6.22. The van der Waals surface area contributed by atoms with Gasteiger partial charge in [-0.1, -0.05) is 15.9 Å². The SMILES string of the molecule is CN1CC(CN)CC1c1cc(Br)cc(S(C)(=O)=O)c1. The second-order valence-corrected chi connectivity index (χ2v) is 8.22. The number of halogens is 1. The van der Waals surface area contributed by atoms with Crippen LogP contribution in [-0.2, 0) is 9.84 Å². The summed E-state index contributed by atoms with van der Waals surface area (Å²) in [7, 11) is -1.13. The highest BCUT2D eigenvalue weighted by Gasteiger charge is 2.30. The van der Waals surface area contributed by atoms with Crippen molar-refractivity contribution >= 4 is 25.8 Å². The number of rotatable bonds is 3. The summed E-state index contributed by atoms with van der Waals surface area (Å²) in [6, 6.07) is 5.66. The Morgan fingerprint density at radius 3 is 2.63 bits per heavy atom. The Labute approximate surface area is 123 Å². The molecule has 4 nitrogen and oxygen atoms in total. The molecule has 1 aliphatic heterocycles. The fraction of sp³-hybridized carbons (Fsp3) is 0.538. The molecule has 1 aliphatic rings. The van der Waals surface area contributed by atoms with Crippen LogP contribution in [-0.4, -0.2) is 39.7 Å². The molecule has 1 aromatic carbocycles. The average molecular weight is 347 g/mol. The number of nitrogens with two attached hydrogens (primary N) is 1. The zero-order valence-electron chi connectivity index (χ0n) is 11.1. The first-order valence-corrected chi connectivity index (χ1v) is 8.90. The van der Waals surface area contributed by atoms with E-state index in [2.05, 4.69) is 27.9 Å². The van der Waals surface area contributed by atoms with E-state index in [-0.39, 0.29) is 6.04 Å². The molecule has 2 N–H and O–H groups in total. The van der Waals surface area contributed by atoms with Gasteiger partial charge in [0.1, 0.15) is 0 Å². The maximum Gasteiger partial charge on any atom is 0.175 e. The highest BCUT2D eigenvalue weighted by molar-refractivity contribution is 9.10. The number of sulfone groups is 1. The zero-order valence-corrected chi connectivity index (χ0v) is 13.5. The smallest absolute Gasteiger partial charge is 0.175 e. The first-order chi connectivity index (χ1) is 8.81. The van der Waals surface area contributed by atoms with Gasteiger partial charge < -0.3 is 5.73 Å². The van der Waals surface area contributed by atoms with Gasteiger partial charge in [-0.3, -0.25) is 4.90 Å². The summed E-state index contributed by atoms with van der Waals surface area (Å²) in [5.41, 5.74) is 6.77. The van der Waals surface area contributed by atoms with Gasteiger partial charge in [0.2, 0.25) is 0 Å². The largest absolute Gasteiger partial charge is 0.330 e. The second kappa shape index (κ2) is 5.52. The van der Waals surface area contributed by atoms with Gasteiger partial charge in [-0.25, -0.2) is 8.42 Å². The fourth-order valence-corrected chi connectivity index (χ4v) is 4.01. The molecule has 19 heavy (non-hydrogen) atoms. The van der Waals surface area contributed by atoms with E-state index in [1.807, 2.05) is 6.07 Å². The van der Waals surface area contributed by atoms with Gasteiger partial charge in [0, 0.05) is 23.3 Å². The molecule has 2 atom stereocenters. The van der Waals surface area contributed by atoms with Crippen LogP contribution in [0.25, 0.3) is 0 Å². The molecule has 0 amide bonds. The Kier molecular flexibility index (Phi) is 4.35. The fourth-order valence-electron chi connectivity index (χ4n) is 2.66. The van der Waals surface area contributed by atoms with Crippen LogP contribution in [0.1, 0.15) is 18.0 Å². The van der Waals surface area contributed by atoms with Crippen molar-refractivity contribution in [2.24, 2.45) is 11.7 Å². The number of hydrogen-bond donors (Lipinski definition) is 1. The summed E-state index contributed by atoms with van der Waals surface area (Å²) < 4.78 is 24.2. The second-order valence-electron chi connectivity index (χ2n) is 5.29. The van der Waals surface area contributed by atoms with Crippen LogP contribution in [0.2, 0.25) is 0 Å². The molecule has 2 rings (SSSR count). The number of hydrogen-bond acceptors (Lipinski definition) is 4. The number of likely N-dealkylation sites (tertiary alicyclic amines) is 1. The number of benzene rings is 1. The Morgan fingerprint density at radius 1 is 1.42 bits per heavy atom. The quantitative estimate of drug-likeness (QED) is 0.906. The predicted molar refractivity (Wildman–Crippen MR) is 79.8 cm³/mol. The van der Waals surface area contributed by atoms with Crippen molar-refractivity contribution in [2.45, 2.75) is 17.4 Å². The lowest BCUT2D eigenvalue weighted by atomic mass is 10.00. The molecule has 1 heterocycles. The Morgan fingerprint density at radius 2 is 2.11 bits per heavy atom. The van der Waals surface area contributed by atoms with E-state index in [9.17, 15) is 8.42 Å². The van der Waals surface area contributed by atoms with Crippen LogP contribution in [0.3, 0.4) is 0 Å². The van der Waals surface area contributed by atoms with E-state index in [1.54, 1.807) is 12.1 Å². The Balaban J connectivity index is 2.38. The lowest BCUT2D eigenvalue weighted by Gasteiger charge is -2.20. The van der Waals surface area contributed by atoms with Crippen LogP contribution in [0.15, 0.2) is 27.6 Å². The molecular weight excluding hydrogens is 328 g/mol. The summed E-state index contributed by atoms with van der Waals surface area (Å²) in [5, 5.41) is 0. The van der Waals surface area contributed by atoms with Crippen molar-refractivity contribution in [2.75, 3.05) is 26.4 Å². The van der Waals surface area contributed by atoms with Crippen molar-refractivity contribution < 1.29 is 8.42 Å². The van der Waals surface area contributed by atoms with Crippen molar-refractivity contribution in [3.8, 4) is 0 Å². The molecule has 0 saturated carbocycles. The molecule has 0 aliphatic carbocycles. The third kappa shape index (κ3) is 3.37. The maximum absolute atomic E-state index is 11.7. The third-order valence-electron chi connectivity index (χ3n) is 3.67. The van der Waals surface area contributed by atoms with E-state index in [0.29, 0.717) is 17.4 Å². The van der Waals surface area contributed by atoms with Crippen LogP contribution in [0.4, 0.5) is 0 Å². The summed E-state index contributed by atoms with van der Waals surface area (Å²) in [6.45, 7) is 1.63. The topological polar surface area (TPSA) is 63.4 Å². The maximum atomic E-state index is 11.7. The molecule has 106 valence electrons.